The van der Waals surface area contributed by atoms with Crippen molar-refractivity contribution in [3.8, 4) is 0 Å². The smallest absolute Gasteiger partial charge is 0.264 e. The quantitative estimate of drug-likeness (QED) is 0.846. The molecule has 1 aromatic heterocycles. The Hall–Kier alpha value is -2.28. The second-order valence-corrected chi connectivity index (χ2v) is 6.14. The first-order valence-corrected chi connectivity index (χ1v) is 8.01. The summed E-state index contributed by atoms with van der Waals surface area (Å²) in [4.78, 5) is 28.4. The molecule has 2 aromatic rings. The minimum Gasteiger partial charge on any atom is -0.335 e. The van der Waals surface area contributed by atoms with Crippen LogP contribution in [0.25, 0.3) is 0 Å². The fraction of sp³-hybridized carbons (Fsp3) is 0.250. The second-order valence-electron chi connectivity index (χ2n) is 5.19. The molecule has 1 aromatic carbocycles. The first-order valence-electron chi connectivity index (χ1n) is 7.13. The van der Waals surface area contributed by atoms with Crippen molar-refractivity contribution in [2.24, 2.45) is 0 Å². The van der Waals surface area contributed by atoms with Crippen molar-refractivity contribution in [1.82, 2.24) is 9.80 Å². The van der Waals surface area contributed by atoms with Gasteiger partial charge in [0.1, 0.15) is 0 Å². The van der Waals surface area contributed by atoms with Crippen LogP contribution in [0.15, 0.2) is 35.7 Å². The molecule has 0 N–H and O–H groups in total. The summed E-state index contributed by atoms with van der Waals surface area (Å²) in [5.74, 6) is -2.41. The van der Waals surface area contributed by atoms with Crippen LogP contribution in [-0.4, -0.2) is 47.8 Å². The van der Waals surface area contributed by atoms with E-state index < -0.39 is 11.6 Å². The molecule has 2 amide bonds. The highest BCUT2D eigenvalue weighted by atomic mass is 32.1. The van der Waals surface area contributed by atoms with Crippen LogP contribution >= 0.6 is 11.3 Å². The monoisotopic (exact) mass is 336 g/mol. The Morgan fingerprint density at radius 2 is 1.57 bits per heavy atom. The molecule has 7 heteroatoms. The average molecular weight is 336 g/mol. The van der Waals surface area contributed by atoms with E-state index in [1.54, 1.807) is 15.9 Å². The van der Waals surface area contributed by atoms with Crippen LogP contribution in [0.3, 0.4) is 0 Å². The summed E-state index contributed by atoms with van der Waals surface area (Å²) in [6, 6.07) is 6.70. The van der Waals surface area contributed by atoms with Gasteiger partial charge in [-0.15, -0.1) is 11.3 Å². The van der Waals surface area contributed by atoms with E-state index in [0.717, 1.165) is 12.1 Å². The maximum absolute atomic E-state index is 13.2. The molecule has 0 radical (unpaired) electrons. The van der Waals surface area contributed by atoms with Gasteiger partial charge in [-0.05, 0) is 29.6 Å². The van der Waals surface area contributed by atoms with Gasteiger partial charge in [-0.25, -0.2) is 8.78 Å². The summed E-state index contributed by atoms with van der Waals surface area (Å²) in [7, 11) is 0. The van der Waals surface area contributed by atoms with Crippen LogP contribution in [0.4, 0.5) is 8.78 Å². The van der Waals surface area contributed by atoms with Crippen molar-refractivity contribution in [3.63, 3.8) is 0 Å². The Bertz CT molecular complexity index is 726. The van der Waals surface area contributed by atoms with Gasteiger partial charge < -0.3 is 9.80 Å². The van der Waals surface area contributed by atoms with Gasteiger partial charge in [0.05, 0.1) is 4.88 Å². The van der Waals surface area contributed by atoms with Crippen molar-refractivity contribution >= 4 is 23.2 Å². The third-order valence-corrected chi connectivity index (χ3v) is 4.61. The first kappa shape index (κ1) is 15.6. The van der Waals surface area contributed by atoms with Crippen LogP contribution < -0.4 is 0 Å². The van der Waals surface area contributed by atoms with Gasteiger partial charge in [0.15, 0.2) is 11.6 Å². The zero-order chi connectivity index (χ0) is 16.4. The van der Waals surface area contributed by atoms with E-state index >= 15 is 0 Å². The normalized spacial score (nSPS) is 14.9. The van der Waals surface area contributed by atoms with E-state index in [9.17, 15) is 18.4 Å². The first-order chi connectivity index (χ1) is 11.1. The molecule has 3 rings (SSSR count). The number of nitrogens with zero attached hydrogens (tertiary/aromatic N) is 2. The molecule has 1 saturated heterocycles. The van der Waals surface area contributed by atoms with Gasteiger partial charge in [-0.1, -0.05) is 6.07 Å². The largest absolute Gasteiger partial charge is 0.335 e. The van der Waals surface area contributed by atoms with Crippen LogP contribution in [-0.2, 0) is 0 Å². The molecular weight excluding hydrogens is 322 g/mol. The second kappa shape index (κ2) is 6.45. The van der Waals surface area contributed by atoms with Crippen LogP contribution in [0.1, 0.15) is 20.0 Å². The van der Waals surface area contributed by atoms with E-state index in [1.807, 2.05) is 11.4 Å². The summed E-state index contributed by atoms with van der Waals surface area (Å²) >= 11 is 1.38. The summed E-state index contributed by atoms with van der Waals surface area (Å²) < 4.78 is 26.2. The highest BCUT2D eigenvalue weighted by Crippen LogP contribution is 2.16. The Morgan fingerprint density at radius 3 is 2.13 bits per heavy atom. The molecule has 1 aliphatic heterocycles. The van der Waals surface area contributed by atoms with E-state index in [2.05, 4.69) is 0 Å². The zero-order valence-corrected chi connectivity index (χ0v) is 13.0. The lowest BCUT2D eigenvalue weighted by Crippen LogP contribution is -2.50. The molecule has 1 aliphatic rings. The van der Waals surface area contributed by atoms with E-state index in [1.165, 1.54) is 17.4 Å². The van der Waals surface area contributed by atoms with Gasteiger partial charge in [0, 0.05) is 31.7 Å². The maximum atomic E-state index is 13.2. The van der Waals surface area contributed by atoms with Crippen molar-refractivity contribution in [2.75, 3.05) is 26.2 Å². The number of carbonyl (C=O) groups excluding carboxylic acids is 2. The molecule has 2 heterocycles. The molecule has 0 unspecified atom stereocenters. The molecule has 23 heavy (non-hydrogen) atoms. The SMILES string of the molecule is O=C(c1ccc(F)c(F)c1)N1CCN(C(=O)c2cccs2)CC1. The molecule has 0 bridgehead atoms. The number of halogens is 2. The third-order valence-electron chi connectivity index (χ3n) is 3.75. The molecule has 4 nitrogen and oxygen atoms in total. The topological polar surface area (TPSA) is 40.6 Å². The van der Waals surface area contributed by atoms with Gasteiger partial charge in [-0.3, -0.25) is 9.59 Å². The number of carbonyl (C=O) groups is 2. The lowest BCUT2D eigenvalue weighted by Gasteiger charge is -2.34. The van der Waals surface area contributed by atoms with Gasteiger partial charge in [0.25, 0.3) is 11.8 Å². The number of piperazine rings is 1. The maximum Gasteiger partial charge on any atom is 0.264 e. The van der Waals surface area contributed by atoms with E-state index in [-0.39, 0.29) is 17.4 Å². The summed E-state index contributed by atoms with van der Waals surface area (Å²) in [6.07, 6.45) is 0. The van der Waals surface area contributed by atoms with Gasteiger partial charge in [-0.2, -0.15) is 0 Å². The lowest BCUT2D eigenvalue weighted by molar-refractivity contribution is 0.0538. The third kappa shape index (κ3) is 3.24. The fourth-order valence-corrected chi connectivity index (χ4v) is 3.17. The highest BCUT2D eigenvalue weighted by molar-refractivity contribution is 7.12. The molecule has 0 saturated carbocycles. The van der Waals surface area contributed by atoms with Crippen LogP contribution in [0, 0.1) is 11.6 Å². The van der Waals surface area contributed by atoms with E-state index in [0.29, 0.717) is 31.1 Å². The number of benzene rings is 1. The van der Waals surface area contributed by atoms with Crippen LogP contribution in [0.5, 0.6) is 0 Å². The predicted octanol–water partition coefficient (Wildman–Crippen LogP) is 2.62. The highest BCUT2D eigenvalue weighted by Gasteiger charge is 2.26. The van der Waals surface area contributed by atoms with Crippen molar-refractivity contribution in [2.45, 2.75) is 0 Å². The van der Waals surface area contributed by atoms with Crippen molar-refractivity contribution < 1.29 is 18.4 Å². The molecule has 0 aliphatic carbocycles. The van der Waals surface area contributed by atoms with Crippen molar-refractivity contribution in [1.29, 1.82) is 0 Å². The average Bonchev–Trinajstić information content (AvgIpc) is 3.11. The molecule has 1 fully saturated rings. The summed E-state index contributed by atoms with van der Waals surface area (Å²) in [5, 5.41) is 1.84. The zero-order valence-electron chi connectivity index (χ0n) is 12.2. The lowest BCUT2D eigenvalue weighted by atomic mass is 10.1. The number of hydrogen-bond donors (Lipinski definition) is 0. The minimum absolute atomic E-state index is 0.0417. The minimum atomic E-state index is -1.04. The van der Waals surface area contributed by atoms with Gasteiger partial charge in [0.2, 0.25) is 0 Å². The Balaban J connectivity index is 1.63. The number of hydrogen-bond acceptors (Lipinski definition) is 3. The molecule has 120 valence electrons. The summed E-state index contributed by atoms with van der Waals surface area (Å²) in [5.41, 5.74) is 0.113. The molecular formula is C16H14F2N2O2S. The van der Waals surface area contributed by atoms with E-state index in [4.69, 9.17) is 0 Å². The standard InChI is InChI=1S/C16H14F2N2O2S/c17-12-4-3-11(10-13(12)18)15(21)19-5-7-20(8-6-19)16(22)14-2-1-9-23-14/h1-4,9-10H,5-8H2. The number of amides is 2. The van der Waals surface area contributed by atoms with Crippen molar-refractivity contribution in [3.05, 3.63) is 57.8 Å². The molecule has 0 atom stereocenters. The predicted molar refractivity (Wildman–Crippen MR) is 82.5 cm³/mol. The summed E-state index contributed by atoms with van der Waals surface area (Å²) in [6.45, 7) is 1.59. The molecule has 0 spiro atoms. The van der Waals surface area contributed by atoms with Gasteiger partial charge >= 0.3 is 0 Å². The fourth-order valence-electron chi connectivity index (χ4n) is 2.48. The number of thiophene rings is 1. The van der Waals surface area contributed by atoms with Crippen LogP contribution in [0.2, 0.25) is 0 Å². The Kier molecular flexibility index (Phi) is 4.38. The number of rotatable bonds is 2. The Morgan fingerprint density at radius 1 is 0.913 bits per heavy atom. The Labute approximate surface area is 135 Å².